The van der Waals surface area contributed by atoms with E-state index in [1.54, 1.807) is 13.2 Å². The topological polar surface area (TPSA) is 26.3 Å². The second-order valence-electron chi connectivity index (χ2n) is 3.17. The van der Waals surface area contributed by atoms with E-state index in [0.717, 1.165) is 28.7 Å². The summed E-state index contributed by atoms with van der Waals surface area (Å²) in [6, 6.07) is 5.90. The molecule has 1 aromatic rings. The van der Waals surface area contributed by atoms with Crippen molar-refractivity contribution < 1.29 is 9.53 Å². The van der Waals surface area contributed by atoms with Crippen LogP contribution < -0.4 is 4.74 Å². The maximum Gasteiger partial charge on any atom is 0.143 e. The molecule has 0 aliphatic rings. The summed E-state index contributed by atoms with van der Waals surface area (Å²) in [6.45, 7) is 3.89. The second kappa shape index (κ2) is 4.61. The Kier molecular flexibility index (Phi) is 3.46. The minimum absolute atomic E-state index is 0.793. The lowest BCUT2D eigenvalue weighted by molar-refractivity contribution is -0.104. The zero-order valence-corrected chi connectivity index (χ0v) is 8.70. The fourth-order valence-electron chi connectivity index (χ4n) is 1.26. The highest BCUT2D eigenvalue weighted by Gasteiger charge is 2.01. The van der Waals surface area contributed by atoms with Crippen LogP contribution in [0.4, 0.5) is 0 Å². The van der Waals surface area contributed by atoms with E-state index in [9.17, 15) is 4.79 Å². The number of rotatable bonds is 3. The highest BCUT2D eigenvalue weighted by atomic mass is 16.5. The Bertz CT molecular complexity index is 365. The number of carbonyl (C=O) groups excluding carboxylic acids is 1. The van der Waals surface area contributed by atoms with Crippen LogP contribution in [0.15, 0.2) is 24.3 Å². The smallest absolute Gasteiger partial charge is 0.143 e. The van der Waals surface area contributed by atoms with Crippen molar-refractivity contribution in [2.75, 3.05) is 7.11 Å². The van der Waals surface area contributed by atoms with E-state index in [2.05, 4.69) is 0 Å². The summed E-state index contributed by atoms with van der Waals surface area (Å²) < 4.78 is 5.20. The number of aldehydes is 1. The van der Waals surface area contributed by atoms with Gasteiger partial charge in [-0.3, -0.25) is 4.79 Å². The van der Waals surface area contributed by atoms with Crippen molar-refractivity contribution >= 4 is 11.9 Å². The molecule has 0 amide bonds. The lowest BCUT2D eigenvalue weighted by Gasteiger charge is -2.07. The SMILES string of the molecule is COc1cc(/C(C)=C/C=O)ccc1C. The van der Waals surface area contributed by atoms with Crippen molar-refractivity contribution in [3.63, 3.8) is 0 Å². The Morgan fingerprint density at radius 2 is 2.14 bits per heavy atom. The van der Waals surface area contributed by atoms with Crippen molar-refractivity contribution in [1.82, 2.24) is 0 Å². The van der Waals surface area contributed by atoms with Crippen LogP contribution in [0.25, 0.3) is 5.57 Å². The van der Waals surface area contributed by atoms with Gasteiger partial charge in [0, 0.05) is 0 Å². The molecule has 0 radical (unpaired) electrons. The van der Waals surface area contributed by atoms with Gasteiger partial charge < -0.3 is 4.74 Å². The molecule has 0 heterocycles. The van der Waals surface area contributed by atoms with Crippen molar-refractivity contribution in [3.05, 3.63) is 35.4 Å². The summed E-state index contributed by atoms with van der Waals surface area (Å²) >= 11 is 0. The number of aryl methyl sites for hydroxylation is 1. The molecule has 14 heavy (non-hydrogen) atoms. The molecule has 0 unspecified atom stereocenters. The molecule has 1 rings (SSSR count). The molecular weight excluding hydrogens is 176 g/mol. The normalized spacial score (nSPS) is 11.2. The third-order valence-corrected chi connectivity index (χ3v) is 2.18. The molecule has 0 atom stereocenters. The van der Waals surface area contributed by atoms with Crippen molar-refractivity contribution in [2.45, 2.75) is 13.8 Å². The first-order valence-corrected chi connectivity index (χ1v) is 4.46. The van der Waals surface area contributed by atoms with Crippen LogP contribution in [0.2, 0.25) is 0 Å². The van der Waals surface area contributed by atoms with E-state index in [-0.39, 0.29) is 0 Å². The van der Waals surface area contributed by atoms with Gasteiger partial charge in [0.1, 0.15) is 12.0 Å². The number of methoxy groups -OCH3 is 1. The quantitative estimate of drug-likeness (QED) is 0.541. The van der Waals surface area contributed by atoms with E-state index in [1.165, 1.54) is 0 Å². The molecule has 0 fully saturated rings. The average molecular weight is 190 g/mol. The Hall–Kier alpha value is -1.57. The molecule has 1 aromatic carbocycles. The van der Waals surface area contributed by atoms with Crippen LogP contribution in [0, 0.1) is 6.92 Å². The first-order chi connectivity index (χ1) is 6.69. The molecule has 0 aliphatic carbocycles. The van der Waals surface area contributed by atoms with Crippen LogP contribution in [-0.4, -0.2) is 13.4 Å². The van der Waals surface area contributed by atoms with Gasteiger partial charge in [-0.2, -0.15) is 0 Å². The van der Waals surface area contributed by atoms with Gasteiger partial charge in [-0.25, -0.2) is 0 Å². The van der Waals surface area contributed by atoms with E-state index in [1.807, 2.05) is 32.0 Å². The molecule has 0 spiro atoms. The van der Waals surface area contributed by atoms with E-state index in [4.69, 9.17) is 4.74 Å². The highest BCUT2D eigenvalue weighted by molar-refractivity contribution is 5.81. The zero-order chi connectivity index (χ0) is 10.6. The fraction of sp³-hybridized carbons (Fsp3) is 0.250. The van der Waals surface area contributed by atoms with Crippen molar-refractivity contribution in [3.8, 4) is 5.75 Å². The second-order valence-corrected chi connectivity index (χ2v) is 3.17. The maximum atomic E-state index is 10.3. The average Bonchev–Trinajstić information content (AvgIpc) is 2.19. The van der Waals surface area contributed by atoms with Gasteiger partial charge in [-0.05, 0) is 42.7 Å². The Morgan fingerprint density at radius 1 is 1.43 bits per heavy atom. The largest absolute Gasteiger partial charge is 0.496 e. The van der Waals surface area contributed by atoms with Gasteiger partial charge in [-0.15, -0.1) is 0 Å². The molecule has 0 aliphatic heterocycles. The van der Waals surface area contributed by atoms with E-state index >= 15 is 0 Å². The molecule has 0 aromatic heterocycles. The molecular formula is C12H14O2. The van der Waals surface area contributed by atoms with Crippen LogP contribution in [0.3, 0.4) is 0 Å². The Morgan fingerprint density at radius 3 is 2.71 bits per heavy atom. The summed E-state index contributed by atoms with van der Waals surface area (Å²) in [5.74, 6) is 0.848. The van der Waals surface area contributed by atoms with Gasteiger partial charge in [0.05, 0.1) is 7.11 Å². The number of benzene rings is 1. The third kappa shape index (κ3) is 2.22. The summed E-state index contributed by atoms with van der Waals surface area (Å²) in [4.78, 5) is 10.3. The maximum absolute atomic E-state index is 10.3. The van der Waals surface area contributed by atoms with Crippen LogP contribution in [0.1, 0.15) is 18.1 Å². The standard InChI is InChI=1S/C12H14O2/c1-9(6-7-13)11-5-4-10(2)12(8-11)14-3/h4-8H,1-3H3/b9-6+. The van der Waals surface area contributed by atoms with Gasteiger partial charge in [-0.1, -0.05) is 12.1 Å². The van der Waals surface area contributed by atoms with E-state index < -0.39 is 0 Å². The first kappa shape index (κ1) is 10.5. The number of hydrogen-bond donors (Lipinski definition) is 0. The Balaban J connectivity index is 3.12. The summed E-state index contributed by atoms with van der Waals surface area (Å²) in [6.07, 6.45) is 2.34. The molecule has 0 saturated heterocycles. The molecule has 74 valence electrons. The summed E-state index contributed by atoms with van der Waals surface area (Å²) in [5, 5.41) is 0. The van der Waals surface area contributed by atoms with Crippen molar-refractivity contribution in [1.29, 1.82) is 0 Å². The molecule has 2 heteroatoms. The summed E-state index contributed by atoms with van der Waals surface area (Å²) in [5.41, 5.74) is 3.05. The fourth-order valence-corrected chi connectivity index (χ4v) is 1.26. The van der Waals surface area contributed by atoms with E-state index in [0.29, 0.717) is 0 Å². The molecule has 2 nitrogen and oxygen atoms in total. The van der Waals surface area contributed by atoms with Gasteiger partial charge in [0.25, 0.3) is 0 Å². The molecule has 0 saturated carbocycles. The highest BCUT2D eigenvalue weighted by Crippen LogP contribution is 2.23. The lowest BCUT2D eigenvalue weighted by atomic mass is 10.0. The van der Waals surface area contributed by atoms with Crippen LogP contribution >= 0.6 is 0 Å². The van der Waals surface area contributed by atoms with Gasteiger partial charge >= 0.3 is 0 Å². The predicted octanol–water partition coefficient (Wildman–Crippen LogP) is 2.61. The monoisotopic (exact) mass is 190 g/mol. The number of carbonyl (C=O) groups is 1. The minimum Gasteiger partial charge on any atom is -0.496 e. The zero-order valence-electron chi connectivity index (χ0n) is 8.70. The number of allylic oxidation sites excluding steroid dienone is 2. The Labute approximate surface area is 84.2 Å². The third-order valence-electron chi connectivity index (χ3n) is 2.18. The first-order valence-electron chi connectivity index (χ1n) is 4.46. The minimum atomic E-state index is 0.793. The van der Waals surface area contributed by atoms with Crippen LogP contribution in [-0.2, 0) is 4.79 Å². The predicted molar refractivity (Wildman–Crippen MR) is 57.4 cm³/mol. The number of ether oxygens (including phenoxy) is 1. The van der Waals surface area contributed by atoms with Gasteiger partial charge in [0.2, 0.25) is 0 Å². The van der Waals surface area contributed by atoms with Crippen molar-refractivity contribution in [2.24, 2.45) is 0 Å². The lowest BCUT2D eigenvalue weighted by Crippen LogP contribution is -1.89. The summed E-state index contributed by atoms with van der Waals surface area (Å²) in [7, 11) is 1.64. The molecule has 0 bridgehead atoms. The molecule has 0 N–H and O–H groups in total. The van der Waals surface area contributed by atoms with Crippen LogP contribution in [0.5, 0.6) is 5.75 Å². The van der Waals surface area contributed by atoms with Gasteiger partial charge in [0.15, 0.2) is 0 Å². The number of hydrogen-bond acceptors (Lipinski definition) is 2.